The molecule has 0 aromatic carbocycles. The van der Waals surface area contributed by atoms with Gasteiger partial charge in [0.15, 0.2) is 0 Å². The highest BCUT2D eigenvalue weighted by atomic mass is 16.6. The van der Waals surface area contributed by atoms with Crippen LogP contribution in [0.2, 0.25) is 0 Å². The maximum atomic E-state index is 14.3. The maximum Gasteiger partial charge on any atom is 0.347 e. The second kappa shape index (κ2) is 11.5. The van der Waals surface area contributed by atoms with Gasteiger partial charge in [-0.15, -0.1) is 0 Å². The van der Waals surface area contributed by atoms with Crippen molar-refractivity contribution in [2.24, 2.45) is 52.8 Å². The Morgan fingerprint density at radius 3 is 2.02 bits per heavy atom. The van der Waals surface area contributed by atoms with Crippen LogP contribution in [-0.4, -0.2) is 58.5 Å². The topological polar surface area (TPSA) is 125 Å². The first-order valence-corrected chi connectivity index (χ1v) is 18.2. The standard InChI is InChI=1S/C37H54O9/c1-5-25(30(38)45-35(4)27-10-21-8-22(12-27)13-28(35)11-21)14-26(19-34(2,3)33(41)44-29-6-7-43-32(29)40)31(39)46-37-17-23-9-24(18-37)16-36(42,15-23)20-37/h21-29,42H,5-20H2,1-4H3. The third-order valence-corrected chi connectivity index (χ3v) is 13.5. The molecule has 9 rings (SSSR count). The highest BCUT2D eigenvalue weighted by molar-refractivity contribution is 5.84. The van der Waals surface area contributed by atoms with Gasteiger partial charge in [-0.1, -0.05) is 6.92 Å². The minimum Gasteiger partial charge on any atom is -0.463 e. The monoisotopic (exact) mass is 642 g/mol. The lowest BCUT2D eigenvalue weighted by Gasteiger charge is -2.59. The molecule has 0 radical (unpaired) electrons. The van der Waals surface area contributed by atoms with E-state index in [2.05, 4.69) is 6.92 Å². The van der Waals surface area contributed by atoms with Crippen molar-refractivity contribution in [3.8, 4) is 0 Å². The van der Waals surface area contributed by atoms with Gasteiger partial charge in [-0.3, -0.25) is 14.4 Å². The molecular formula is C37H54O9. The Morgan fingerprint density at radius 2 is 1.48 bits per heavy atom. The van der Waals surface area contributed by atoms with Gasteiger partial charge in [0.25, 0.3) is 0 Å². The number of cyclic esters (lactones) is 1. The lowest BCUT2D eigenvalue weighted by molar-refractivity contribution is -0.223. The molecule has 9 heteroatoms. The lowest BCUT2D eigenvalue weighted by atomic mass is 9.50. The fourth-order valence-electron chi connectivity index (χ4n) is 11.7. The zero-order valence-corrected chi connectivity index (χ0v) is 28.2. The molecule has 0 spiro atoms. The summed E-state index contributed by atoms with van der Waals surface area (Å²) in [5.74, 6) is -0.0993. The molecule has 1 aliphatic heterocycles. The highest BCUT2D eigenvalue weighted by Crippen LogP contribution is 2.61. The SMILES string of the molecule is CCC(CC(CC(C)(C)C(=O)OC1CCOC1=O)C(=O)OC12CC3CC(CC(O)(C3)C1)C2)C(=O)OC1(C)C2CC3CC(C2)CC1C3. The van der Waals surface area contributed by atoms with E-state index in [-0.39, 0.29) is 25.4 Å². The zero-order chi connectivity index (χ0) is 32.6. The Labute approximate surface area is 273 Å². The van der Waals surface area contributed by atoms with E-state index in [9.17, 15) is 24.3 Å². The van der Waals surface area contributed by atoms with Gasteiger partial charge in [0, 0.05) is 12.8 Å². The van der Waals surface area contributed by atoms with E-state index in [4.69, 9.17) is 18.9 Å². The number of rotatable bonds is 11. The highest BCUT2D eigenvalue weighted by Gasteiger charge is 2.60. The van der Waals surface area contributed by atoms with E-state index in [1.807, 2.05) is 6.92 Å². The molecule has 5 unspecified atom stereocenters. The fourth-order valence-corrected chi connectivity index (χ4v) is 11.7. The molecule has 1 saturated heterocycles. The average molecular weight is 643 g/mol. The van der Waals surface area contributed by atoms with Crippen LogP contribution in [0.4, 0.5) is 0 Å². The lowest BCUT2D eigenvalue weighted by Crippen LogP contribution is -2.60. The molecular weight excluding hydrogens is 588 g/mol. The molecule has 5 atom stereocenters. The maximum absolute atomic E-state index is 14.3. The smallest absolute Gasteiger partial charge is 0.347 e. The van der Waals surface area contributed by atoms with Crippen LogP contribution in [0.1, 0.15) is 124 Å². The van der Waals surface area contributed by atoms with E-state index >= 15 is 0 Å². The first-order valence-electron chi connectivity index (χ1n) is 18.2. The van der Waals surface area contributed by atoms with E-state index in [1.54, 1.807) is 13.8 Å². The van der Waals surface area contributed by atoms with Gasteiger partial charge < -0.3 is 24.1 Å². The van der Waals surface area contributed by atoms with Crippen molar-refractivity contribution < 1.29 is 43.2 Å². The Kier molecular flexibility index (Phi) is 8.08. The fraction of sp³-hybridized carbons (Fsp3) is 0.892. The molecule has 46 heavy (non-hydrogen) atoms. The summed E-state index contributed by atoms with van der Waals surface area (Å²) in [6, 6.07) is 0. The van der Waals surface area contributed by atoms with Crippen molar-refractivity contribution in [1.82, 2.24) is 0 Å². The number of carbonyl (C=O) groups excluding carboxylic acids is 4. The van der Waals surface area contributed by atoms with E-state index in [0.717, 1.165) is 69.6 Å². The number of ether oxygens (including phenoxy) is 4. The summed E-state index contributed by atoms with van der Waals surface area (Å²) in [6.07, 6.45) is 10.6. The van der Waals surface area contributed by atoms with Crippen LogP contribution in [0.3, 0.4) is 0 Å². The molecule has 8 bridgehead atoms. The van der Waals surface area contributed by atoms with Crippen LogP contribution in [0.25, 0.3) is 0 Å². The summed E-state index contributed by atoms with van der Waals surface area (Å²) in [5, 5.41) is 11.3. The van der Waals surface area contributed by atoms with Crippen LogP contribution >= 0.6 is 0 Å². The summed E-state index contributed by atoms with van der Waals surface area (Å²) < 4.78 is 23.5. The van der Waals surface area contributed by atoms with Gasteiger partial charge in [-0.25, -0.2) is 4.79 Å². The van der Waals surface area contributed by atoms with Crippen molar-refractivity contribution in [1.29, 1.82) is 0 Å². The minimum absolute atomic E-state index is 0.106. The predicted octanol–water partition coefficient (Wildman–Crippen LogP) is 5.68. The summed E-state index contributed by atoms with van der Waals surface area (Å²) in [7, 11) is 0. The number of aliphatic hydroxyl groups is 1. The van der Waals surface area contributed by atoms with Crippen molar-refractivity contribution in [2.45, 2.75) is 147 Å². The van der Waals surface area contributed by atoms with Crippen molar-refractivity contribution in [2.75, 3.05) is 6.61 Å². The number of carbonyl (C=O) groups is 4. The summed E-state index contributed by atoms with van der Waals surface area (Å²) in [6.45, 7) is 7.75. The number of esters is 4. The third kappa shape index (κ3) is 5.89. The van der Waals surface area contributed by atoms with Gasteiger partial charge in [0.2, 0.25) is 6.10 Å². The van der Waals surface area contributed by atoms with E-state index < -0.39 is 58.1 Å². The van der Waals surface area contributed by atoms with Crippen molar-refractivity contribution in [3.05, 3.63) is 0 Å². The van der Waals surface area contributed by atoms with Crippen LogP contribution in [0.5, 0.6) is 0 Å². The number of hydrogen-bond acceptors (Lipinski definition) is 9. The molecule has 9 nitrogen and oxygen atoms in total. The van der Waals surface area contributed by atoms with Gasteiger partial charge >= 0.3 is 23.9 Å². The summed E-state index contributed by atoms with van der Waals surface area (Å²) in [5.41, 5.74) is -3.09. The Morgan fingerprint density at radius 1 is 0.891 bits per heavy atom. The quantitative estimate of drug-likeness (QED) is 0.224. The van der Waals surface area contributed by atoms with Crippen LogP contribution in [0.15, 0.2) is 0 Å². The molecule has 1 N–H and O–H groups in total. The van der Waals surface area contributed by atoms with Gasteiger partial charge in [-0.05, 0) is 140 Å². The third-order valence-electron chi connectivity index (χ3n) is 13.5. The molecule has 0 aromatic rings. The summed E-state index contributed by atoms with van der Waals surface area (Å²) >= 11 is 0. The van der Waals surface area contributed by atoms with Gasteiger partial charge in [-0.2, -0.15) is 0 Å². The number of hydrogen-bond donors (Lipinski definition) is 1. The minimum atomic E-state index is -1.12. The molecule has 256 valence electrons. The molecule has 0 amide bonds. The Hall–Kier alpha value is -2.16. The van der Waals surface area contributed by atoms with Gasteiger partial charge in [0.05, 0.1) is 29.5 Å². The van der Waals surface area contributed by atoms with E-state index in [1.165, 1.54) is 6.42 Å². The van der Waals surface area contributed by atoms with Crippen LogP contribution in [0, 0.1) is 52.8 Å². The zero-order valence-electron chi connectivity index (χ0n) is 28.2. The molecule has 9 aliphatic rings. The molecule has 8 aliphatic carbocycles. The largest absolute Gasteiger partial charge is 0.463 e. The van der Waals surface area contributed by atoms with Crippen LogP contribution in [-0.2, 0) is 38.1 Å². The van der Waals surface area contributed by atoms with Crippen LogP contribution < -0.4 is 0 Å². The second-order valence-electron chi connectivity index (χ2n) is 17.7. The molecule has 1 heterocycles. The second-order valence-corrected chi connectivity index (χ2v) is 17.7. The molecule has 0 aromatic heterocycles. The average Bonchev–Trinajstić information content (AvgIpc) is 3.35. The van der Waals surface area contributed by atoms with Gasteiger partial charge in [0.1, 0.15) is 11.2 Å². The summed E-state index contributed by atoms with van der Waals surface area (Å²) in [4.78, 5) is 53.7. The molecule has 8 saturated carbocycles. The first-order chi connectivity index (χ1) is 21.7. The molecule has 9 fully saturated rings. The normalized spacial score (nSPS) is 43.2. The Balaban J connectivity index is 1.09. The van der Waals surface area contributed by atoms with E-state index in [0.29, 0.717) is 42.9 Å². The first kappa shape index (κ1) is 32.4. The predicted molar refractivity (Wildman–Crippen MR) is 166 cm³/mol. The Bertz CT molecular complexity index is 1210. The van der Waals surface area contributed by atoms with Crippen molar-refractivity contribution >= 4 is 23.9 Å². The van der Waals surface area contributed by atoms with Crippen molar-refractivity contribution in [3.63, 3.8) is 0 Å².